The number of benzene rings is 1. The Kier molecular flexibility index (Phi) is 5.82. The molecule has 0 bridgehead atoms. The van der Waals surface area contributed by atoms with Crippen molar-refractivity contribution < 1.29 is 14.1 Å². The SMILES string of the molecule is CCOC(=O)C(CCCc1ccccc1)[n+]1c[nH]c(N=O)c1. The lowest BCUT2D eigenvalue weighted by molar-refractivity contribution is -0.710. The number of aryl methyl sites for hydroxylation is 1. The second kappa shape index (κ2) is 8.07. The summed E-state index contributed by atoms with van der Waals surface area (Å²) < 4.78 is 6.77. The molecule has 1 heterocycles. The number of aromatic amines is 1. The van der Waals surface area contributed by atoms with Gasteiger partial charge in [-0.05, 0) is 31.7 Å². The zero-order valence-electron chi connectivity index (χ0n) is 12.6. The van der Waals surface area contributed by atoms with Crippen LogP contribution in [-0.2, 0) is 16.0 Å². The molecule has 0 aliphatic rings. The Bertz CT molecular complexity index is 610. The minimum Gasteiger partial charge on any atom is -0.463 e. The summed E-state index contributed by atoms with van der Waals surface area (Å²) in [5.41, 5.74) is 1.24. The first-order valence-electron chi connectivity index (χ1n) is 7.37. The maximum Gasteiger partial charge on any atom is 0.351 e. The molecule has 6 nitrogen and oxygen atoms in total. The fourth-order valence-corrected chi connectivity index (χ4v) is 2.36. The van der Waals surface area contributed by atoms with Crippen molar-refractivity contribution in [3.05, 3.63) is 53.3 Å². The number of carbonyl (C=O) groups is 1. The molecule has 0 fully saturated rings. The number of carbonyl (C=O) groups excluding carboxylic acids is 1. The van der Waals surface area contributed by atoms with Crippen LogP contribution >= 0.6 is 0 Å². The molecule has 0 radical (unpaired) electrons. The minimum atomic E-state index is -0.449. The van der Waals surface area contributed by atoms with Crippen molar-refractivity contribution in [3.8, 4) is 0 Å². The fraction of sp³-hybridized carbons (Fsp3) is 0.375. The lowest BCUT2D eigenvalue weighted by Gasteiger charge is -2.12. The first-order valence-corrected chi connectivity index (χ1v) is 7.37. The van der Waals surface area contributed by atoms with Gasteiger partial charge in [-0.1, -0.05) is 30.3 Å². The average molecular weight is 302 g/mol. The fourth-order valence-electron chi connectivity index (χ4n) is 2.36. The molecule has 6 heteroatoms. The zero-order chi connectivity index (χ0) is 15.8. The monoisotopic (exact) mass is 302 g/mol. The third-order valence-electron chi connectivity index (χ3n) is 3.44. The van der Waals surface area contributed by atoms with Crippen molar-refractivity contribution in [2.75, 3.05) is 6.61 Å². The van der Waals surface area contributed by atoms with Crippen LogP contribution in [0.4, 0.5) is 5.82 Å². The first-order chi connectivity index (χ1) is 10.7. The molecule has 0 aliphatic heterocycles. The molecule has 0 amide bonds. The van der Waals surface area contributed by atoms with Gasteiger partial charge < -0.3 is 4.74 Å². The standard InChI is InChI=1S/C16H19N3O3/c1-2-22-16(20)14(19-11-15(18-21)17-12-19)10-6-9-13-7-4-3-5-8-13/h3-5,7-8,11-12,14H,2,6,9-10H2,1H3/p+1. The van der Waals surface area contributed by atoms with Crippen LogP contribution in [0.25, 0.3) is 0 Å². The van der Waals surface area contributed by atoms with Crippen LogP contribution in [0.2, 0.25) is 0 Å². The van der Waals surface area contributed by atoms with E-state index in [4.69, 9.17) is 4.74 Å². The van der Waals surface area contributed by atoms with Gasteiger partial charge in [-0.3, -0.25) is 0 Å². The predicted octanol–water partition coefficient (Wildman–Crippen LogP) is 2.83. The zero-order valence-corrected chi connectivity index (χ0v) is 12.6. The molecule has 2 aromatic rings. The largest absolute Gasteiger partial charge is 0.463 e. The van der Waals surface area contributed by atoms with Crippen LogP contribution in [0.1, 0.15) is 31.4 Å². The maximum absolute atomic E-state index is 12.1. The summed E-state index contributed by atoms with van der Waals surface area (Å²) in [5, 5.41) is 2.83. The highest BCUT2D eigenvalue weighted by molar-refractivity contribution is 5.72. The first kappa shape index (κ1) is 15.9. The number of nitroso groups, excluding NO2 is 1. The van der Waals surface area contributed by atoms with Gasteiger partial charge in [0.05, 0.1) is 6.61 Å². The molecule has 0 saturated carbocycles. The van der Waals surface area contributed by atoms with Gasteiger partial charge in [0.15, 0.2) is 12.2 Å². The molecule has 1 atom stereocenters. The molecule has 0 aliphatic carbocycles. The molecule has 116 valence electrons. The summed E-state index contributed by atoms with van der Waals surface area (Å²) in [4.78, 5) is 25.4. The van der Waals surface area contributed by atoms with Crippen LogP contribution in [0, 0.1) is 4.91 Å². The van der Waals surface area contributed by atoms with E-state index in [0.717, 1.165) is 12.8 Å². The Balaban J connectivity index is 2.01. The normalized spacial score (nSPS) is 11.9. The van der Waals surface area contributed by atoms with Gasteiger partial charge in [0.2, 0.25) is 6.33 Å². The number of hydrogen-bond donors (Lipinski definition) is 1. The van der Waals surface area contributed by atoms with Gasteiger partial charge in [0, 0.05) is 5.18 Å². The third-order valence-corrected chi connectivity index (χ3v) is 3.44. The van der Waals surface area contributed by atoms with E-state index in [1.807, 2.05) is 18.2 Å². The maximum atomic E-state index is 12.1. The Labute approximate surface area is 129 Å². The molecule has 1 aromatic carbocycles. The number of esters is 1. The van der Waals surface area contributed by atoms with Gasteiger partial charge >= 0.3 is 5.97 Å². The highest BCUT2D eigenvalue weighted by Crippen LogP contribution is 2.14. The quantitative estimate of drug-likeness (QED) is 0.463. The summed E-state index contributed by atoms with van der Waals surface area (Å²) in [6, 6.07) is 9.67. The predicted molar refractivity (Wildman–Crippen MR) is 81.5 cm³/mol. The van der Waals surface area contributed by atoms with Crippen LogP contribution in [0.3, 0.4) is 0 Å². The number of ether oxygens (including phenoxy) is 1. The summed E-state index contributed by atoms with van der Waals surface area (Å²) in [5.74, 6) is -0.102. The number of hydrogen-bond acceptors (Lipinski definition) is 4. The number of nitrogens with zero attached hydrogens (tertiary/aromatic N) is 2. The minimum absolute atomic E-state index is 0.192. The van der Waals surface area contributed by atoms with Crippen LogP contribution < -0.4 is 4.57 Å². The molecule has 1 aromatic heterocycles. The summed E-state index contributed by atoms with van der Waals surface area (Å²) in [7, 11) is 0. The number of H-pyrrole nitrogens is 1. The van der Waals surface area contributed by atoms with Crippen molar-refractivity contribution in [2.45, 2.75) is 32.2 Å². The Morgan fingerprint density at radius 1 is 1.36 bits per heavy atom. The highest BCUT2D eigenvalue weighted by atomic mass is 16.5. The molecule has 22 heavy (non-hydrogen) atoms. The topological polar surface area (TPSA) is 75.4 Å². The molecule has 2 rings (SSSR count). The summed E-state index contributed by atoms with van der Waals surface area (Å²) >= 11 is 0. The van der Waals surface area contributed by atoms with E-state index in [1.54, 1.807) is 17.8 Å². The number of imidazole rings is 1. The molecule has 0 saturated heterocycles. The van der Waals surface area contributed by atoms with Crippen molar-refractivity contribution in [1.29, 1.82) is 0 Å². The second-order valence-electron chi connectivity index (χ2n) is 4.97. The summed E-state index contributed by atoms with van der Waals surface area (Å²) in [6.07, 6.45) is 5.46. The highest BCUT2D eigenvalue weighted by Gasteiger charge is 2.26. The van der Waals surface area contributed by atoms with Crippen LogP contribution in [0.15, 0.2) is 48.0 Å². The Morgan fingerprint density at radius 3 is 2.77 bits per heavy atom. The van der Waals surface area contributed by atoms with Gasteiger partial charge in [-0.15, -0.1) is 4.91 Å². The van der Waals surface area contributed by atoms with E-state index in [1.165, 1.54) is 11.8 Å². The number of rotatable bonds is 8. The molecular weight excluding hydrogens is 282 g/mol. The lowest BCUT2D eigenvalue weighted by Crippen LogP contribution is -2.43. The lowest BCUT2D eigenvalue weighted by atomic mass is 10.0. The second-order valence-corrected chi connectivity index (χ2v) is 4.97. The smallest absolute Gasteiger partial charge is 0.351 e. The van der Waals surface area contributed by atoms with E-state index in [9.17, 15) is 9.70 Å². The van der Waals surface area contributed by atoms with Gasteiger partial charge in [-0.2, -0.15) is 0 Å². The number of aromatic nitrogens is 2. The Hall–Kier alpha value is -2.50. The van der Waals surface area contributed by atoms with Crippen molar-refractivity contribution in [3.63, 3.8) is 0 Å². The van der Waals surface area contributed by atoms with Crippen LogP contribution in [-0.4, -0.2) is 17.6 Å². The number of nitrogens with one attached hydrogen (secondary N) is 1. The molecular formula is C16H20N3O3+. The van der Waals surface area contributed by atoms with E-state index < -0.39 is 6.04 Å². The van der Waals surface area contributed by atoms with Crippen LogP contribution in [0.5, 0.6) is 0 Å². The van der Waals surface area contributed by atoms with E-state index in [0.29, 0.717) is 13.0 Å². The van der Waals surface area contributed by atoms with Gasteiger partial charge in [0.25, 0.3) is 5.82 Å². The Morgan fingerprint density at radius 2 is 2.14 bits per heavy atom. The van der Waals surface area contributed by atoms with E-state index in [-0.39, 0.29) is 11.8 Å². The average Bonchev–Trinajstić information content (AvgIpc) is 3.01. The van der Waals surface area contributed by atoms with Crippen molar-refractivity contribution in [1.82, 2.24) is 4.98 Å². The van der Waals surface area contributed by atoms with Crippen molar-refractivity contribution >= 4 is 11.8 Å². The van der Waals surface area contributed by atoms with E-state index >= 15 is 0 Å². The summed E-state index contributed by atoms with van der Waals surface area (Å²) in [6.45, 7) is 2.11. The van der Waals surface area contributed by atoms with E-state index in [2.05, 4.69) is 22.3 Å². The molecule has 1 N–H and O–H groups in total. The molecule has 1 unspecified atom stereocenters. The van der Waals surface area contributed by atoms with Gasteiger partial charge in [0.1, 0.15) is 0 Å². The van der Waals surface area contributed by atoms with Crippen molar-refractivity contribution in [2.24, 2.45) is 5.18 Å². The third kappa shape index (κ3) is 4.25. The molecule has 0 spiro atoms. The van der Waals surface area contributed by atoms with Gasteiger partial charge in [-0.25, -0.2) is 14.3 Å².